The van der Waals surface area contributed by atoms with Crippen LogP contribution in [0.2, 0.25) is 0 Å². The van der Waals surface area contributed by atoms with Crippen LogP contribution in [0.15, 0.2) is 64.3 Å². The van der Waals surface area contributed by atoms with Crippen LogP contribution in [0.25, 0.3) is 5.69 Å². The van der Waals surface area contributed by atoms with Gasteiger partial charge in [-0.05, 0) is 37.1 Å². The van der Waals surface area contributed by atoms with E-state index in [2.05, 4.69) is 5.10 Å². The third-order valence-electron chi connectivity index (χ3n) is 5.52. The van der Waals surface area contributed by atoms with Crippen LogP contribution in [-0.4, -0.2) is 40.2 Å². The van der Waals surface area contributed by atoms with Crippen molar-refractivity contribution in [3.63, 3.8) is 0 Å². The van der Waals surface area contributed by atoms with Gasteiger partial charge >= 0.3 is 11.9 Å². The summed E-state index contributed by atoms with van der Waals surface area (Å²) in [6.45, 7) is 0.0191. The molecule has 0 radical (unpaired) electrons. The van der Waals surface area contributed by atoms with Gasteiger partial charge in [-0.25, -0.2) is 22.5 Å². The van der Waals surface area contributed by atoms with Crippen LogP contribution in [-0.2, 0) is 23.2 Å². The monoisotopic (exact) mass is 466 g/mol. The minimum absolute atomic E-state index is 0.0716. The summed E-state index contributed by atoms with van der Waals surface area (Å²) in [7, 11) is -2.90. The first kappa shape index (κ1) is 22.3. The van der Waals surface area contributed by atoms with Crippen LogP contribution in [0.4, 0.5) is 13.2 Å². The molecule has 0 N–H and O–H groups in total. The molecular formula is C21H21F3N4O3S. The van der Waals surface area contributed by atoms with Crippen molar-refractivity contribution in [2.75, 3.05) is 13.1 Å². The van der Waals surface area contributed by atoms with Gasteiger partial charge in [0.2, 0.25) is 10.0 Å². The molecule has 4 rings (SSSR count). The fourth-order valence-electron chi connectivity index (χ4n) is 4.00. The van der Waals surface area contributed by atoms with E-state index in [4.69, 9.17) is 0 Å². The first-order valence-electron chi connectivity index (χ1n) is 9.98. The zero-order chi connectivity index (χ0) is 23.1. The average molecular weight is 466 g/mol. The lowest BCUT2D eigenvalue weighted by molar-refractivity contribution is -0.139. The Morgan fingerprint density at radius 3 is 2.38 bits per heavy atom. The van der Waals surface area contributed by atoms with Crippen molar-refractivity contribution in [1.82, 2.24) is 18.7 Å². The maximum Gasteiger partial charge on any atom is 0.417 e. The summed E-state index contributed by atoms with van der Waals surface area (Å²) in [6, 6.07) is 13.0. The molecular weight excluding hydrogens is 445 g/mol. The topological polar surface area (TPSA) is 77.2 Å². The summed E-state index contributed by atoms with van der Waals surface area (Å²) in [4.78, 5) is 11.9. The van der Waals surface area contributed by atoms with Crippen molar-refractivity contribution in [3.8, 4) is 5.69 Å². The highest BCUT2D eigenvalue weighted by Crippen LogP contribution is 2.37. The molecule has 2 heterocycles. The van der Waals surface area contributed by atoms with Crippen molar-refractivity contribution in [2.45, 2.75) is 29.8 Å². The van der Waals surface area contributed by atoms with Crippen LogP contribution < -0.4 is 5.69 Å². The normalized spacial score (nSPS) is 18.1. The van der Waals surface area contributed by atoms with Gasteiger partial charge in [-0.1, -0.05) is 30.3 Å². The van der Waals surface area contributed by atoms with Crippen LogP contribution in [0, 0.1) is 0 Å². The second-order valence-electron chi connectivity index (χ2n) is 7.63. The van der Waals surface area contributed by atoms with Crippen molar-refractivity contribution in [2.24, 2.45) is 7.05 Å². The number of piperidine rings is 1. The molecule has 1 saturated heterocycles. The highest BCUT2D eigenvalue weighted by atomic mass is 32.2. The van der Waals surface area contributed by atoms with Crippen molar-refractivity contribution in [1.29, 1.82) is 0 Å². The second-order valence-corrected chi connectivity index (χ2v) is 9.54. The molecule has 7 nitrogen and oxygen atoms in total. The quantitative estimate of drug-likeness (QED) is 0.592. The molecule has 11 heteroatoms. The average Bonchev–Trinajstić information content (AvgIpc) is 3.08. The Kier molecular flexibility index (Phi) is 5.72. The number of halogens is 3. The predicted molar refractivity (Wildman–Crippen MR) is 111 cm³/mol. The highest BCUT2D eigenvalue weighted by molar-refractivity contribution is 7.89. The predicted octanol–water partition coefficient (Wildman–Crippen LogP) is 3.16. The first-order valence-corrected chi connectivity index (χ1v) is 11.4. The van der Waals surface area contributed by atoms with E-state index in [1.165, 1.54) is 22.4 Å². The van der Waals surface area contributed by atoms with Crippen LogP contribution in [0.3, 0.4) is 0 Å². The summed E-state index contributed by atoms with van der Waals surface area (Å²) < 4.78 is 70.4. The Morgan fingerprint density at radius 2 is 1.69 bits per heavy atom. The molecule has 0 bridgehead atoms. The van der Waals surface area contributed by atoms with E-state index in [1.807, 2.05) is 0 Å². The number of rotatable bonds is 4. The number of aryl methyl sites for hydroxylation is 1. The fraction of sp³-hybridized carbons (Fsp3) is 0.333. The van der Waals surface area contributed by atoms with E-state index in [0.717, 1.165) is 22.5 Å². The Bertz CT molecular complexity index is 1280. The van der Waals surface area contributed by atoms with E-state index >= 15 is 0 Å². The fourth-order valence-corrected chi connectivity index (χ4v) is 5.74. The molecule has 32 heavy (non-hydrogen) atoms. The summed E-state index contributed by atoms with van der Waals surface area (Å²) in [6.07, 6.45) is -3.82. The number of benzene rings is 2. The summed E-state index contributed by atoms with van der Waals surface area (Å²) >= 11 is 0. The lowest BCUT2D eigenvalue weighted by Crippen LogP contribution is -2.40. The van der Waals surface area contributed by atoms with Crippen molar-refractivity contribution < 1.29 is 21.6 Å². The first-order chi connectivity index (χ1) is 15.1. The van der Waals surface area contributed by atoms with Gasteiger partial charge in [-0.2, -0.15) is 22.6 Å². The van der Waals surface area contributed by atoms with Crippen molar-refractivity contribution in [3.05, 3.63) is 76.5 Å². The molecule has 3 aromatic rings. The molecule has 1 aromatic heterocycles. The second kappa shape index (κ2) is 8.21. The minimum atomic E-state index is -4.80. The van der Waals surface area contributed by atoms with Crippen LogP contribution >= 0.6 is 0 Å². The molecule has 0 aliphatic carbocycles. The summed E-state index contributed by atoms with van der Waals surface area (Å²) in [5.41, 5.74) is -0.988. The molecule has 0 spiro atoms. The van der Waals surface area contributed by atoms with Gasteiger partial charge in [-0.3, -0.25) is 0 Å². The zero-order valence-electron chi connectivity index (χ0n) is 17.2. The van der Waals surface area contributed by atoms with E-state index in [0.29, 0.717) is 24.4 Å². The number of para-hydroxylation sites is 1. The van der Waals surface area contributed by atoms with E-state index in [-0.39, 0.29) is 18.8 Å². The number of alkyl halides is 3. The van der Waals surface area contributed by atoms with Gasteiger partial charge in [0, 0.05) is 26.1 Å². The number of aromatic nitrogens is 3. The molecule has 1 atom stereocenters. The zero-order valence-corrected chi connectivity index (χ0v) is 18.0. The highest BCUT2D eigenvalue weighted by Gasteiger charge is 2.40. The molecule has 1 unspecified atom stereocenters. The largest absolute Gasteiger partial charge is 0.417 e. The number of hydrogen-bond donors (Lipinski definition) is 0. The Hall–Kier alpha value is -2.92. The third-order valence-corrected chi connectivity index (χ3v) is 7.45. The third kappa shape index (κ3) is 3.97. The van der Waals surface area contributed by atoms with Gasteiger partial charge in [0.1, 0.15) is 5.82 Å². The molecule has 0 saturated carbocycles. The van der Waals surface area contributed by atoms with Crippen molar-refractivity contribution >= 4 is 10.0 Å². The van der Waals surface area contributed by atoms with E-state index in [1.54, 1.807) is 30.3 Å². The van der Waals surface area contributed by atoms with E-state index < -0.39 is 32.6 Å². The molecule has 1 fully saturated rings. The number of hydrogen-bond acceptors (Lipinski definition) is 4. The smallest absolute Gasteiger partial charge is 0.247 e. The maximum absolute atomic E-state index is 13.4. The Labute approximate surface area is 182 Å². The number of sulfonamides is 1. The number of nitrogens with zero attached hydrogens (tertiary/aromatic N) is 4. The summed E-state index contributed by atoms with van der Waals surface area (Å²) in [5.74, 6) is -0.0709. The summed E-state index contributed by atoms with van der Waals surface area (Å²) in [5, 5.41) is 4.32. The van der Waals surface area contributed by atoms with Gasteiger partial charge < -0.3 is 0 Å². The molecule has 2 aromatic carbocycles. The Morgan fingerprint density at radius 1 is 1.03 bits per heavy atom. The Balaban J connectivity index is 1.72. The molecule has 170 valence electrons. The van der Waals surface area contributed by atoms with Crippen LogP contribution in [0.1, 0.15) is 30.1 Å². The SMILES string of the molecule is Cn1nc(C2CCCN(S(=O)(=O)c3ccccc3C(F)(F)F)C2)n(-c2ccccc2)c1=O. The van der Waals surface area contributed by atoms with E-state index in [9.17, 15) is 26.4 Å². The van der Waals surface area contributed by atoms with Gasteiger partial charge in [0.25, 0.3) is 0 Å². The maximum atomic E-state index is 13.4. The lowest BCUT2D eigenvalue weighted by atomic mass is 9.98. The molecule has 1 aliphatic rings. The molecule has 1 aliphatic heterocycles. The van der Waals surface area contributed by atoms with Gasteiger partial charge in [0.15, 0.2) is 0 Å². The lowest BCUT2D eigenvalue weighted by Gasteiger charge is -2.32. The van der Waals surface area contributed by atoms with Gasteiger partial charge in [-0.15, -0.1) is 0 Å². The molecule has 0 amide bonds. The van der Waals surface area contributed by atoms with Crippen LogP contribution in [0.5, 0.6) is 0 Å². The standard InChI is InChI=1S/C21H21F3N4O3S/c1-26-20(29)28(16-9-3-2-4-10-16)19(25-26)15-8-7-13-27(14-15)32(30,31)18-12-6-5-11-17(18)21(22,23)24/h2-6,9-12,15H,7-8,13-14H2,1H3. The minimum Gasteiger partial charge on any atom is -0.247 e. The van der Waals surface area contributed by atoms with Gasteiger partial charge in [0.05, 0.1) is 16.1 Å².